The molecule has 1 aromatic heterocycles. The molecule has 1 atom stereocenters. The van der Waals surface area contributed by atoms with E-state index in [9.17, 15) is 9.59 Å². The average Bonchev–Trinajstić information content (AvgIpc) is 3.32. The summed E-state index contributed by atoms with van der Waals surface area (Å²) >= 11 is 1.30. The van der Waals surface area contributed by atoms with Crippen molar-refractivity contribution in [2.24, 2.45) is 5.92 Å². The minimum absolute atomic E-state index is 0.0940. The molecule has 20 heavy (non-hydrogen) atoms. The van der Waals surface area contributed by atoms with Crippen molar-refractivity contribution in [3.63, 3.8) is 0 Å². The summed E-state index contributed by atoms with van der Waals surface area (Å²) in [5.41, 5.74) is 0. The number of carboxylic acids is 1. The number of hydrogen-bond donors (Lipinski definition) is 2. The highest BCUT2D eigenvalue weighted by Crippen LogP contribution is 2.37. The van der Waals surface area contributed by atoms with Gasteiger partial charge in [0.1, 0.15) is 12.4 Å². The number of carbonyl (C=O) groups is 2. The first kappa shape index (κ1) is 13.4. The number of carboxylic acid groups (broad SMARTS) is 1. The van der Waals surface area contributed by atoms with E-state index in [0.717, 1.165) is 30.8 Å². The van der Waals surface area contributed by atoms with Gasteiger partial charge in [-0.25, -0.2) is 4.79 Å². The lowest BCUT2D eigenvalue weighted by Crippen LogP contribution is -2.43. The van der Waals surface area contributed by atoms with Crippen molar-refractivity contribution in [3.8, 4) is 0 Å². The highest BCUT2D eigenvalue weighted by molar-refractivity contribution is 7.99. The standard InChI is InChI=1S/C12H16N4O3S/c17-9(14-10(11(18)19)7-1-2-7)5-20-12-15-13-6-16(12)8-3-4-8/h6-8,10H,1-5H2,(H,14,17)(H,18,19). The zero-order valence-electron chi connectivity index (χ0n) is 10.9. The van der Waals surface area contributed by atoms with Crippen LogP contribution < -0.4 is 5.32 Å². The van der Waals surface area contributed by atoms with E-state index in [1.807, 2.05) is 4.57 Å². The van der Waals surface area contributed by atoms with Gasteiger partial charge in [0.2, 0.25) is 5.91 Å². The third kappa shape index (κ3) is 3.12. The van der Waals surface area contributed by atoms with Gasteiger partial charge in [-0.05, 0) is 31.6 Å². The number of thioether (sulfide) groups is 1. The van der Waals surface area contributed by atoms with Crippen LogP contribution in [0.15, 0.2) is 11.5 Å². The van der Waals surface area contributed by atoms with Crippen LogP contribution in [-0.2, 0) is 9.59 Å². The van der Waals surface area contributed by atoms with Gasteiger partial charge in [-0.15, -0.1) is 10.2 Å². The van der Waals surface area contributed by atoms with Crippen LogP contribution in [0.3, 0.4) is 0 Å². The number of hydrogen-bond acceptors (Lipinski definition) is 5. The highest BCUT2D eigenvalue weighted by atomic mass is 32.2. The van der Waals surface area contributed by atoms with Crippen molar-refractivity contribution in [1.82, 2.24) is 20.1 Å². The van der Waals surface area contributed by atoms with Gasteiger partial charge in [0, 0.05) is 6.04 Å². The minimum Gasteiger partial charge on any atom is -0.480 e. The van der Waals surface area contributed by atoms with E-state index in [4.69, 9.17) is 5.11 Å². The molecule has 1 heterocycles. The van der Waals surface area contributed by atoms with E-state index in [1.165, 1.54) is 11.8 Å². The molecule has 2 fully saturated rings. The first-order valence-electron chi connectivity index (χ1n) is 6.69. The summed E-state index contributed by atoms with van der Waals surface area (Å²) in [4.78, 5) is 22.9. The van der Waals surface area contributed by atoms with Crippen molar-refractivity contribution < 1.29 is 14.7 Å². The molecule has 1 amide bonds. The first-order chi connectivity index (χ1) is 9.65. The van der Waals surface area contributed by atoms with Crippen molar-refractivity contribution >= 4 is 23.6 Å². The Morgan fingerprint density at radius 2 is 2.20 bits per heavy atom. The molecule has 0 bridgehead atoms. The molecule has 7 nitrogen and oxygen atoms in total. The summed E-state index contributed by atoms with van der Waals surface area (Å²) < 4.78 is 1.98. The number of carbonyl (C=O) groups excluding carboxylic acids is 1. The lowest BCUT2D eigenvalue weighted by Gasteiger charge is -2.13. The smallest absolute Gasteiger partial charge is 0.326 e. The van der Waals surface area contributed by atoms with Crippen LogP contribution in [0, 0.1) is 5.92 Å². The largest absolute Gasteiger partial charge is 0.480 e. The van der Waals surface area contributed by atoms with Crippen LogP contribution in [0.25, 0.3) is 0 Å². The zero-order valence-corrected chi connectivity index (χ0v) is 11.7. The number of amides is 1. The Morgan fingerprint density at radius 1 is 1.45 bits per heavy atom. The Balaban J connectivity index is 1.51. The predicted octanol–water partition coefficient (Wildman–Crippen LogP) is 0.684. The van der Waals surface area contributed by atoms with Gasteiger partial charge in [0.15, 0.2) is 5.16 Å². The Labute approximate surface area is 120 Å². The lowest BCUT2D eigenvalue weighted by atomic mass is 10.2. The van der Waals surface area contributed by atoms with E-state index in [0.29, 0.717) is 6.04 Å². The maximum Gasteiger partial charge on any atom is 0.326 e. The Morgan fingerprint density at radius 3 is 2.80 bits per heavy atom. The Hall–Kier alpha value is -1.57. The molecular weight excluding hydrogens is 280 g/mol. The maximum atomic E-state index is 11.8. The van der Waals surface area contributed by atoms with E-state index >= 15 is 0 Å². The second-order valence-corrected chi connectivity index (χ2v) is 6.20. The van der Waals surface area contributed by atoms with Crippen molar-refractivity contribution in [2.45, 2.75) is 42.9 Å². The van der Waals surface area contributed by atoms with Crippen molar-refractivity contribution in [2.75, 3.05) is 5.75 Å². The van der Waals surface area contributed by atoms with Gasteiger partial charge in [-0.3, -0.25) is 4.79 Å². The zero-order chi connectivity index (χ0) is 14.1. The van der Waals surface area contributed by atoms with Crippen LogP contribution in [-0.4, -0.2) is 43.5 Å². The molecule has 0 radical (unpaired) electrons. The predicted molar refractivity (Wildman–Crippen MR) is 71.3 cm³/mol. The molecule has 8 heteroatoms. The van der Waals surface area contributed by atoms with Gasteiger partial charge >= 0.3 is 5.97 Å². The van der Waals surface area contributed by atoms with E-state index < -0.39 is 12.0 Å². The number of nitrogens with zero attached hydrogens (tertiary/aromatic N) is 3. The van der Waals surface area contributed by atoms with Gasteiger partial charge in [-0.1, -0.05) is 11.8 Å². The van der Waals surface area contributed by atoms with Gasteiger partial charge < -0.3 is 15.0 Å². The number of nitrogens with one attached hydrogen (secondary N) is 1. The number of rotatable bonds is 7. The molecule has 108 valence electrons. The molecular formula is C12H16N4O3S. The third-order valence-electron chi connectivity index (χ3n) is 3.49. The molecule has 2 N–H and O–H groups in total. The van der Waals surface area contributed by atoms with Gasteiger partial charge in [0.05, 0.1) is 5.75 Å². The van der Waals surface area contributed by atoms with Crippen molar-refractivity contribution in [1.29, 1.82) is 0 Å². The van der Waals surface area contributed by atoms with Crippen LogP contribution in [0.2, 0.25) is 0 Å². The molecule has 2 saturated carbocycles. The lowest BCUT2D eigenvalue weighted by molar-refractivity contribution is -0.142. The van der Waals surface area contributed by atoms with E-state index in [-0.39, 0.29) is 17.6 Å². The summed E-state index contributed by atoms with van der Waals surface area (Å²) in [5.74, 6) is -0.953. The summed E-state index contributed by atoms with van der Waals surface area (Å²) in [6, 6.07) is -0.279. The molecule has 2 aliphatic rings. The number of aliphatic carboxylic acids is 1. The molecule has 2 aliphatic carbocycles. The monoisotopic (exact) mass is 296 g/mol. The van der Waals surface area contributed by atoms with Crippen LogP contribution in [0.5, 0.6) is 0 Å². The van der Waals surface area contributed by atoms with Crippen LogP contribution >= 0.6 is 11.8 Å². The fraction of sp³-hybridized carbons (Fsp3) is 0.667. The summed E-state index contributed by atoms with van der Waals surface area (Å²) in [6.07, 6.45) is 5.68. The third-order valence-corrected chi connectivity index (χ3v) is 4.45. The average molecular weight is 296 g/mol. The fourth-order valence-corrected chi connectivity index (χ4v) is 2.89. The Kier molecular flexibility index (Phi) is 3.64. The molecule has 1 aromatic rings. The molecule has 0 aromatic carbocycles. The fourth-order valence-electron chi connectivity index (χ4n) is 2.09. The Bertz CT molecular complexity index is 525. The molecule has 3 rings (SSSR count). The highest BCUT2D eigenvalue weighted by Gasteiger charge is 2.37. The normalized spacial score (nSPS) is 19.6. The van der Waals surface area contributed by atoms with Crippen molar-refractivity contribution in [3.05, 3.63) is 6.33 Å². The maximum absolute atomic E-state index is 11.8. The summed E-state index contributed by atoms with van der Waals surface area (Å²) in [7, 11) is 0. The van der Waals surface area contributed by atoms with Crippen LogP contribution in [0.4, 0.5) is 0 Å². The summed E-state index contributed by atoms with van der Waals surface area (Å²) in [5, 5.41) is 20.2. The van der Waals surface area contributed by atoms with E-state index in [2.05, 4.69) is 15.5 Å². The second kappa shape index (κ2) is 5.43. The molecule has 0 spiro atoms. The van der Waals surface area contributed by atoms with E-state index in [1.54, 1.807) is 6.33 Å². The second-order valence-electron chi connectivity index (χ2n) is 5.26. The minimum atomic E-state index is -0.952. The topological polar surface area (TPSA) is 97.1 Å². The first-order valence-corrected chi connectivity index (χ1v) is 7.68. The number of aromatic nitrogens is 3. The van der Waals surface area contributed by atoms with Gasteiger partial charge in [-0.2, -0.15) is 0 Å². The summed E-state index contributed by atoms with van der Waals surface area (Å²) in [6.45, 7) is 0. The quantitative estimate of drug-likeness (QED) is 0.718. The SMILES string of the molecule is O=C(CSc1nncn1C1CC1)NC(C(=O)O)C1CC1. The molecule has 0 aliphatic heterocycles. The molecule has 1 unspecified atom stereocenters. The van der Waals surface area contributed by atoms with Crippen LogP contribution in [0.1, 0.15) is 31.7 Å². The molecule has 0 saturated heterocycles. The van der Waals surface area contributed by atoms with Gasteiger partial charge in [0.25, 0.3) is 0 Å².